The topological polar surface area (TPSA) is 57.7 Å². The molecule has 1 amide bonds. The highest BCUT2D eigenvalue weighted by molar-refractivity contribution is 7.92. The molecule has 156 valence electrons. The molecule has 5 nitrogen and oxygen atoms in total. The van der Waals surface area contributed by atoms with Gasteiger partial charge in [-0.15, -0.1) is 6.58 Å². The highest BCUT2D eigenvalue weighted by Gasteiger charge is 2.28. The molecule has 0 aliphatic rings. The van der Waals surface area contributed by atoms with E-state index in [4.69, 9.17) is 11.6 Å². The summed E-state index contributed by atoms with van der Waals surface area (Å²) in [5, 5.41) is 0.316. The van der Waals surface area contributed by atoms with Crippen LogP contribution in [0, 0.1) is 0 Å². The lowest BCUT2D eigenvalue weighted by Gasteiger charge is -2.31. The zero-order valence-electron chi connectivity index (χ0n) is 17.2. The van der Waals surface area contributed by atoms with Crippen LogP contribution in [0.25, 0.3) is 0 Å². The van der Waals surface area contributed by atoms with Crippen LogP contribution in [0.1, 0.15) is 38.1 Å². The van der Waals surface area contributed by atoms with Gasteiger partial charge in [0.2, 0.25) is 0 Å². The number of para-hydroxylation sites is 1. The minimum atomic E-state index is -3.95. The average Bonchev–Trinajstić information content (AvgIpc) is 2.66. The molecule has 2 rings (SSSR count). The van der Waals surface area contributed by atoms with Crippen molar-refractivity contribution in [3.8, 4) is 0 Å². The Morgan fingerprint density at radius 3 is 2.24 bits per heavy atom. The number of hydrogen-bond acceptors (Lipinski definition) is 3. The van der Waals surface area contributed by atoms with Crippen molar-refractivity contribution in [1.82, 2.24) is 4.90 Å². The van der Waals surface area contributed by atoms with Crippen LogP contribution in [-0.2, 0) is 10.0 Å². The molecule has 0 saturated heterocycles. The first kappa shape index (κ1) is 23.0. The number of benzene rings is 2. The van der Waals surface area contributed by atoms with Crippen LogP contribution >= 0.6 is 11.6 Å². The first-order chi connectivity index (χ1) is 13.6. The summed E-state index contributed by atoms with van der Waals surface area (Å²) in [7, 11) is -3.95. The molecule has 0 saturated carbocycles. The maximum atomic E-state index is 13.4. The highest BCUT2D eigenvalue weighted by atomic mass is 35.5. The van der Waals surface area contributed by atoms with Crippen molar-refractivity contribution in [1.29, 1.82) is 0 Å². The summed E-state index contributed by atoms with van der Waals surface area (Å²) < 4.78 is 28.0. The fourth-order valence-electron chi connectivity index (χ4n) is 3.23. The monoisotopic (exact) mass is 434 g/mol. The molecule has 2 aromatic rings. The molecule has 0 fully saturated rings. The van der Waals surface area contributed by atoms with E-state index in [9.17, 15) is 13.2 Å². The van der Waals surface area contributed by atoms with Crippen molar-refractivity contribution in [2.75, 3.05) is 10.8 Å². The van der Waals surface area contributed by atoms with Gasteiger partial charge in [-0.2, -0.15) is 0 Å². The summed E-state index contributed by atoms with van der Waals surface area (Å²) in [4.78, 5) is 14.8. The second-order valence-electron chi connectivity index (χ2n) is 7.20. The summed E-state index contributed by atoms with van der Waals surface area (Å²) in [5.74, 6) is -0.208. The van der Waals surface area contributed by atoms with Gasteiger partial charge < -0.3 is 4.90 Å². The van der Waals surface area contributed by atoms with Crippen LogP contribution in [0.5, 0.6) is 0 Å². The van der Waals surface area contributed by atoms with Gasteiger partial charge in [0.05, 0.1) is 22.2 Å². The lowest BCUT2D eigenvalue weighted by Crippen LogP contribution is -2.42. The van der Waals surface area contributed by atoms with Crippen molar-refractivity contribution in [2.45, 2.75) is 44.7 Å². The van der Waals surface area contributed by atoms with Gasteiger partial charge in [-0.1, -0.05) is 35.9 Å². The Hall–Kier alpha value is -2.31. The minimum absolute atomic E-state index is 0.0110. The fourth-order valence-corrected chi connectivity index (χ4v) is 5.02. The first-order valence-electron chi connectivity index (χ1n) is 9.42. The Kier molecular flexibility index (Phi) is 7.49. The highest BCUT2D eigenvalue weighted by Crippen LogP contribution is 2.30. The average molecular weight is 435 g/mol. The molecule has 0 aliphatic heterocycles. The van der Waals surface area contributed by atoms with Gasteiger partial charge in [0.1, 0.15) is 0 Å². The Labute approximate surface area is 178 Å². The summed E-state index contributed by atoms with van der Waals surface area (Å²) in [5.41, 5.74) is 0.683. The minimum Gasteiger partial charge on any atom is -0.334 e. The molecule has 0 aliphatic carbocycles. The van der Waals surface area contributed by atoms with Crippen molar-refractivity contribution in [2.24, 2.45) is 0 Å². The summed E-state index contributed by atoms with van der Waals surface area (Å²) in [6.07, 6.45) is 1.50. The molecule has 0 radical (unpaired) electrons. The summed E-state index contributed by atoms with van der Waals surface area (Å²) in [6.45, 7) is 11.4. The Bertz CT molecular complexity index is 979. The third kappa shape index (κ3) is 5.00. The van der Waals surface area contributed by atoms with Crippen LogP contribution in [0.4, 0.5) is 5.69 Å². The number of anilines is 1. The van der Waals surface area contributed by atoms with Gasteiger partial charge in [0, 0.05) is 17.6 Å². The van der Waals surface area contributed by atoms with Crippen molar-refractivity contribution < 1.29 is 13.2 Å². The molecular weight excluding hydrogens is 408 g/mol. The van der Waals surface area contributed by atoms with E-state index in [1.807, 2.05) is 27.7 Å². The summed E-state index contributed by atoms with van der Waals surface area (Å²) >= 11 is 6.24. The Balaban J connectivity index is 2.53. The van der Waals surface area contributed by atoms with Crippen LogP contribution in [0.3, 0.4) is 0 Å². The van der Waals surface area contributed by atoms with Crippen LogP contribution in [-0.4, -0.2) is 37.9 Å². The van der Waals surface area contributed by atoms with E-state index in [1.165, 1.54) is 22.5 Å². The van der Waals surface area contributed by atoms with E-state index in [2.05, 4.69) is 6.58 Å². The second kappa shape index (κ2) is 9.46. The number of halogens is 1. The fraction of sp³-hybridized carbons (Fsp3) is 0.318. The molecule has 0 heterocycles. The molecular formula is C22H27ClN2O3S. The third-order valence-corrected chi connectivity index (χ3v) is 6.53. The molecule has 0 bridgehead atoms. The van der Waals surface area contributed by atoms with Crippen LogP contribution in [0.2, 0.25) is 5.02 Å². The van der Waals surface area contributed by atoms with E-state index in [-0.39, 0.29) is 29.4 Å². The predicted molar refractivity (Wildman–Crippen MR) is 119 cm³/mol. The zero-order valence-corrected chi connectivity index (χ0v) is 18.7. The Morgan fingerprint density at radius 1 is 1.07 bits per heavy atom. The SMILES string of the molecule is C=CCN(c1ccccc1Cl)S(=O)(=O)c1cccc(C(=O)N(C(C)C)C(C)C)c1. The molecule has 29 heavy (non-hydrogen) atoms. The number of amides is 1. The normalized spacial score (nSPS) is 11.6. The number of sulfonamides is 1. The molecule has 2 aromatic carbocycles. The molecule has 0 unspecified atom stereocenters. The third-order valence-electron chi connectivity index (χ3n) is 4.43. The zero-order chi connectivity index (χ0) is 21.8. The van der Waals surface area contributed by atoms with Crippen molar-refractivity contribution in [3.63, 3.8) is 0 Å². The maximum absolute atomic E-state index is 13.4. The van der Waals surface area contributed by atoms with Crippen molar-refractivity contribution in [3.05, 3.63) is 71.8 Å². The number of hydrogen-bond donors (Lipinski definition) is 0. The smallest absolute Gasteiger partial charge is 0.264 e. The van der Waals surface area contributed by atoms with Crippen LogP contribution in [0.15, 0.2) is 66.1 Å². The maximum Gasteiger partial charge on any atom is 0.264 e. The molecule has 0 aromatic heterocycles. The van der Waals surface area contributed by atoms with Crippen LogP contribution < -0.4 is 4.31 Å². The molecule has 0 atom stereocenters. The lowest BCUT2D eigenvalue weighted by molar-refractivity contribution is 0.0643. The van der Waals surface area contributed by atoms with Gasteiger partial charge in [0.25, 0.3) is 15.9 Å². The van der Waals surface area contributed by atoms with E-state index < -0.39 is 10.0 Å². The molecule has 0 N–H and O–H groups in total. The van der Waals surface area contributed by atoms with Gasteiger partial charge in [0.15, 0.2) is 0 Å². The van der Waals surface area contributed by atoms with E-state index >= 15 is 0 Å². The van der Waals surface area contributed by atoms with Crippen molar-refractivity contribution >= 4 is 33.2 Å². The number of carbonyl (C=O) groups excluding carboxylic acids is 1. The quantitative estimate of drug-likeness (QED) is 0.550. The van der Waals surface area contributed by atoms with Gasteiger partial charge in [-0.3, -0.25) is 9.10 Å². The standard InChI is InChI=1S/C22H27ClN2O3S/c1-6-14-24(21-13-8-7-12-20(21)23)29(27,28)19-11-9-10-18(15-19)22(26)25(16(2)3)17(4)5/h6-13,15-17H,1,14H2,2-5H3. The molecule has 0 spiro atoms. The number of rotatable bonds is 8. The second-order valence-corrected chi connectivity index (χ2v) is 9.47. The largest absolute Gasteiger partial charge is 0.334 e. The number of carbonyl (C=O) groups is 1. The van der Waals surface area contributed by atoms with Gasteiger partial charge >= 0.3 is 0 Å². The Morgan fingerprint density at radius 2 is 1.69 bits per heavy atom. The van der Waals surface area contributed by atoms with Gasteiger partial charge in [-0.25, -0.2) is 8.42 Å². The van der Waals surface area contributed by atoms with Gasteiger partial charge in [-0.05, 0) is 58.0 Å². The van der Waals surface area contributed by atoms with E-state index in [0.717, 1.165) is 0 Å². The number of nitrogens with zero attached hydrogens (tertiary/aromatic N) is 2. The molecule has 7 heteroatoms. The first-order valence-corrected chi connectivity index (χ1v) is 11.2. The summed E-state index contributed by atoms with van der Waals surface area (Å²) in [6, 6.07) is 12.8. The lowest BCUT2D eigenvalue weighted by atomic mass is 10.1. The van der Waals surface area contributed by atoms with E-state index in [0.29, 0.717) is 16.3 Å². The van der Waals surface area contributed by atoms with E-state index in [1.54, 1.807) is 41.3 Å². The predicted octanol–water partition coefficient (Wildman–Crippen LogP) is 4.98.